The molecule has 0 fully saturated rings. The molecule has 1 rings (SSSR count). The fourth-order valence-electron chi connectivity index (χ4n) is 2.19. The molecule has 0 unspecified atom stereocenters. The number of nitrogens with zero attached hydrogens (tertiary/aromatic N) is 1. The highest BCUT2D eigenvalue weighted by molar-refractivity contribution is 14.0. The van der Waals surface area contributed by atoms with Crippen LogP contribution in [0.4, 0.5) is 13.2 Å². The number of rotatable bonds is 11. The van der Waals surface area contributed by atoms with Crippen molar-refractivity contribution in [3.05, 3.63) is 35.4 Å². The largest absolute Gasteiger partial charge is 0.416 e. The first kappa shape index (κ1) is 25.9. The van der Waals surface area contributed by atoms with Crippen LogP contribution in [0.3, 0.4) is 0 Å². The lowest BCUT2D eigenvalue weighted by Crippen LogP contribution is -2.38. The maximum atomic E-state index is 12.5. The van der Waals surface area contributed by atoms with Crippen LogP contribution in [0.5, 0.6) is 0 Å². The fraction of sp³-hybridized carbons (Fsp3) is 0.611. The van der Waals surface area contributed by atoms with E-state index >= 15 is 0 Å². The average molecular weight is 503 g/mol. The zero-order valence-electron chi connectivity index (χ0n) is 15.8. The Hall–Kier alpha value is -1.07. The molecule has 0 saturated heterocycles. The lowest BCUT2D eigenvalue weighted by atomic mass is 10.1. The summed E-state index contributed by atoms with van der Waals surface area (Å²) in [6, 6.07) is 5.22. The molecular weight excluding hydrogens is 474 g/mol. The Bertz CT molecular complexity index is 526. The maximum Gasteiger partial charge on any atom is 0.416 e. The molecule has 0 radical (unpaired) electrons. The van der Waals surface area contributed by atoms with E-state index in [2.05, 4.69) is 15.6 Å². The first-order valence-electron chi connectivity index (χ1n) is 8.64. The molecule has 9 heteroatoms. The monoisotopic (exact) mass is 503 g/mol. The van der Waals surface area contributed by atoms with Gasteiger partial charge in [0, 0.05) is 33.9 Å². The van der Waals surface area contributed by atoms with E-state index in [0.717, 1.165) is 37.1 Å². The number of benzene rings is 1. The molecule has 27 heavy (non-hydrogen) atoms. The molecule has 0 aromatic heterocycles. The summed E-state index contributed by atoms with van der Waals surface area (Å²) in [6.07, 6.45) is -1.78. The molecule has 0 aliphatic rings. The zero-order chi connectivity index (χ0) is 19.3. The predicted octanol–water partition coefficient (Wildman–Crippen LogP) is 3.47. The number of alkyl halides is 3. The van der Waals surface area contributed by atoms with Crippen LogP contribution >= 0.6 is 24.0 Å². The Morgan fingerprint density at radius 1 is 1.00 bits per heavy atom. The van der Waals surface area contributed by atoms with E-state index in [-0.39, 0.29) is 24.0 Å². The van der Waals surface area contributed by atoms with Gasteiger partial charge in [-0.1, -0.05) is 12.1 Å². The van der Waals surface area contributed by atoms with Gasteiger partial charge in [0.15, 0.2) is 5.96 Å². The molecule has 0 amide bonds. The molecule has 0 saturated carbocycles. The number of methoxy groups -OCH3 is 1. The van der Waals surface area contributed by atoms with Crippen molar-refractivity contribution in [2.24, 2.45) is 4.99 Å². The van der Waals surface area contributed by atoms with E-state index in [1.54, 1.807) is 14.2 Å². The summed E-state index contributed by atoms with van der Waals surface area (Å²) in [6.45, 7) is 3.27. The van der Waals surface area contributed by atoms with Gasteiger partial charge in [0.25, 0.3) is 0 Å². The number of hydrogen-bond acceptors (Lipinski definition) is 3. The van der Waals surface area contributed by atoms with Gasteiger partial charge in [-0.05, 0) is 37.0 Å². The van der Waals surface area contributed by atoms with Crippen molar-refractivity contribution in [2.75, 3.05) is 47.1 Å². The van der Waals surface area contributed by atoms with Crippen molar-refractivity contribution < 1.29 is 22.6 Å². The van der Waals surface area contributed by atoms with Crippen LogP contribution in [0.25, 0.3) is 0 Å². The Balaban J connectivity index is 0.00000676. The van der Waals surface area contributed by atoms with Crippen molar-refractivity contribution in [2.45, 2.75) is 25.4 Å². The minimum absolute atomic E-state index is 0. The van der Waals surface area contributed by atoms with Crippen molar-refractivity contribution in [3.8, 4) is 0 Å². The third kappa shape index (κ3) is 12.1. The lowest BCUT2D eigenvalue weighted by Gasteiger charge is -2.12. The smallest absolute Gasteiger partial charge is 0.382 e. The van der Waals surface area contributed by atoms with E-state index in [4.69, 9.17) is 9.47 Å². The molecule has 0 aliphatic heterocycles. The number of hydrogen-bond donors (Lipinski definition) is 2. The van der Waals surface area contributed by atoms with Gasteiger partial charge in [-0.2, -0.15) is 13.2 Å². The van der Waals surface area contributed by atoms with Gasteiger partial charge in [0.1, 0.15) is 0 Å². The number of nitrogens with one attached hydrogen (secondary N) is 2. The van der Waals surface area contributed by atoms with Crippen LogP contribution < -0.4 is 10.6 Å². The van der Waals surface area contributed by atoms with Crippen LogP contribution in [0.15, 0.2) is 29.3 Å². The Morgan fingerprint density at radius 2 is 1.67 bits per heavy atom. The number of halogens is 4. The Morgan fingerprint density at radius 3 is 2.26 bits per heavy atom. The van der Waals surface area contributed by atoms with Crippen molar-refractivity contribution in [1.82, 2.24) is 10.6 Å². The lowest BCUT2D eigenvalue weighted by molar-refractivity contribution is -0.137. The molecule has 5 nitrogen and oxygen atoms in total. The highest BCUT2D eigenvalue weighted by Gasteiger charge is 2.29. The highest BCUT2D eigenvalue weighted by atomic mass is 127. The molecule has 2 N–H and O–H groups in total. The summed E-state index contributed by atoms with van der Waals surface area (Å²) in [5.74, 6) is 0.678. The molecule has 1 aromatic carbocycles. The van der Waals surface area contributed by atoms with E-state index in [9.17, 15) is 13.2 Å². The second-order valence-corrected chi connectivity index (χ2v) is 5.68. The van der Waals surface area contributed by atoms with Crippen molar-refractivity contribution in [1.29, 1.82) is 0 Å². The minimum atomic E-state index is -4.29. The summed E-state index contributed by atoms with van der Waals surface area (Å²) in [5.41, 5.74) is 0.215. The molecule has 0 heterocycles. The Labute approximate surface area is 176 Å². The maximum absolute atomic E-state index is 12.5. The highest BCUT2D eigenvalue weighted by Crippen LogP contribution is 2.29. The molecule has 0 atom stereocenters. The van der Waals surface area contributed by atoms with Gasteiger partial charge >= 0.3 is 6.18 Å². The second kappa shape index (κ2) is 14.9. The van der Waals surface area contributed by atoms with Crippen LogP contribution in [0.2, 0.25) is 0 Å². The van der Waals surface area contributed by atoms with Gasteiger partial charge in [0.05, 0.1) is 18.8 Å². The number of aliphatic imine (C=N–C) groups is 1. The predicted molar refractivity (Wildman–Crippen MR) is 112 cm³/mol. The molecule has 1 aromatic rings. The molecule has 156 valence electrons. The van der Waals surface area contributed by atoms with Crippen molar-refractivity contribution in [3.63, 3.8) is 0 Å². The van der Waals surface area contributed by atoms with Crippen molar-refractivity contribution >= 4 is 29.9 Å². The first-order valence-corrected chi connectivity index (χ1v) is 8.64. The molecular formula is C18H29F3IN3O2. The third-order valence-corrected chi connectivity index (χ3v) is 3.65. The van der Waals surface area contributed by atoms with Gasteiger partial charge < -0.3 is 20.1 Å². The van der Waals surface area contributed by atoms with Gasteiger partial charge in [-0.25, -0.2) is 0 Å². The van der Waals surface area contributed by atoms with Crippen LogP contribution in [0, 0.1) is 0 Å². The van der Waals surface area contributed by atoms with Crippen LogP contribution in [0.1, 0.15) is 24.0 Å². The summed E-state index contributed by atoms with van der Waals surface area (Å²) >= 11 is 0. The normalized spacial score (nSPS) is 11.8. The van der Waals surface area contributed by atoms with E-state index in [1.165, 1.54) is 12.1 Å². The quantitative estimate of drug-likeness (QED) is 0.210. The summed E-state index contributed by atoms with van der Waals surface area (Å²) < 4.78 is 47.8. The molecule has 0 bridgehead atoms. The zero-order valence-corrected chi connectivity index (χ0v) is 18.1. The molecule has 0 spiro atoms. The SMILES string of the molecule is CN=C(NCCCCOCCOC)NCCc1ccc(C(F)(F)F)cc1.I. The van der Waals surface area contributed by atoms with E-state index in [0.29, 0.717) is 38.7 Å². The number of ether oxygens (including phenoxy) is 2. The third-order valence-electron chi connectivity index (χ3n) is 3.65. The topological polar surface area (TPSA) is 54.9 Å². The summed E-state index contributed by atoms with van der Waals surface area (Å²) in [5, 5.41) is 6.35. The summed E-state index contributed by atoms with van der Waals surface area (Å²) in [7, 11) is 3.32. The van der Waals surface area contributed by atoms with Gasteiger partial charge in [-0.3, -0.25) is 4.99 Å². The number of unbranched alkanes of at least 4 members (excludes halogenated alkanes) is 1. The fourth-order valence-corrected chi connectivity index (χ4v) is 2.19. The Kier molecular flexibility index (Phi) is 14.3. The van der Waals surface area contributed by atoms with Gasteiger partial charge in [0.2, 0.25) is 0 Å². The standard InChI is InChI=1S/C18H28F3N3O2.HI/c1-22-17(23-10-3-4-12-26-14-13-25-2)24-11-9-15-5-7-16(8-6-15)18(19,20)21;/h5-8H,3-4,9-14H2,1-2H3,(H2,22,23,24);1H. The second-order valence-electron chi connectivity index (χ2n) is 5.68. The van der Waals surface area contributed by atoms with E-state index in [1.807, 2.05) is 0 Å². The molecule has 0 aliphatic carbocycles. The summed E-state index contributed by atoms with van der Waals surface area (Å²) in [4.78, 5) is 4.12. The average Bonchev–Trinajstić information content (AvgIpc) is 2.62. The van der Waals surface area contributed by atoms with Gasteiger partial charge in [-0.15, -0.1) is 24.0 Å². The first-order chi connectivity index (χ1) is 12.5. The van der Waals surface area contributed by atoms with E-state index < -0.39 is 11.7 Å². The van der Waals surface area contributed by atoms with Crippen LogP contribution in [-0.4, -0.2) is 53.0 Å². The minimum Gasteiger partial charge on any atom is -0.382 e. The van der Waals surface area contributed by atoms with Crippen LogP contribution in [-0.2, 0) is 22.1 Å². The number of guanidine groups is 1.